The molecule has 3 rings (SSSR count). The first-order valence-electron chi connectivity index (χ1n) is 8.74. The van der Waals surface area contributed by atoms with E-state index < -0.39 is 0 Å². The molecule has 1 N–H and O–H groups in total. The molecule has 0 radical (unpaired) electrons. The van der Waals surface area contributed by atoms with Crippen LogP contribution in [0.4, 0.5) is 5.82 Å². The van der Waals surface area contributed by atoms with Gasteiger partial charge in [-0.1, -0.05) is 18.9 Å². The van der Waals surface area contributed by atoms with E-state index in [1.165, 1.54) is 12.8 Å². The van der Waals surface area contributed by atoms with E-state index >= 15 is 0 Å². The number of hydrogen-bond donors (Lipinski definition) is 1. The fourth-order valence-corrected chi connectivity index (χ4v) is 3.57. The highest BCUT2D eigenvalue weighted by atomic mass is 16.5. The molecule has 1 aromatic rings. The number of pyridine rings is 1. The van der Waals surface area contributed by atoms with Gasteiger partial charge in [-0.3, -0.25) is 4.79 Å². The minimum atomic E-state index is -0.0836. The molecule has 1 amide bonds. The van der Waals surface area contributed by atoms with Crippen LogP contribution in [0.15, 0.2) is 24.4 Å². The number of anilines is 1. The van der Waals surface area contributed by atoms with Crippen molar-refractivity contribution in [2.75, 3.05) is 24.6 Å². The number of aromatic nitrogens is 1. The first-order chi connectivity index (χ1) is 11.1. The summed E-state index contributed by atoms with van der Waals surface area (Å²) in [4.78, 5) is 18.8. The van der Waals surface area contributed by atoms with Crippen LogP contribution in [-0.2, 0) is 9.53 Å². The summed E-state index contributed by atoms with van der Waals surface area (Å²) in [6.45, 7) is 4.18. The van der Waals surface area contributed by atoms with Crippen LogP contribution in [0, 0.1) is 0 Å². The number of nitrogens with one attached hydrogen (secondary N) is 1. The third-order valence-electron chi connectivity index (χ3n) is 5.05. The molecule has 2 aliphatic rings. The van der Waals surface area contributed by atoms with Crippen LogP contribution >= 0.6 is 0 Å². The van der Waals surface area contributed by atoms with Crippen molar-refractivity contribution in [2.24, 2.45) is 0 Å². The number of piperidine rings is 1. The highest BCUT2D eigenvalue weighted by Crippen LogP contribution is 2.32. The van der Waals surface area contributed by atoms with Crippen molar-refractivity contribution >= 4 is 11.7 Å². The van der Waals surface area contributed by atoms with Crippen molar-refractivity contribution < 1.29 is 9.53 Å². The summed E-state index contributed by atoms with van der Waals surface area (Å²) in [7, 11) is 0. The summed E-state index contributed by atoms with van der Waals surface area (Å²) in [5.74, 6) is 1.05. The molecule has 0 bridgehead atoms. The van der Waals surface area contributed by atoms with Gasteiger partial charge in [0.05, 0.1) is 5.60 Å². The monoisotopic (exact) mass is 317 g/mol. The standard InChI is InChI=1S/C18H27N3O2/c1-18(9-3-4-10-18)23-14-17(22)20-15-7-12-21(13-8-15)16-6-2-5-11-19-16/h2,5-6,11,15H,3-4,7-10,12-14H2,1H3,(H,20,22). The summed E-state index contributed by atoms with van der Waals surface area (Å²) in [6.07, 6.45) is 8.31. The largest absolute Gasteiger partial charge is 0.365 e. The molecule has 5 nitrogen and oxygen atoms in total. The van der Waals surface area contributed by atoms with Gasteiger partial charge in [0.2, 0.25) is 5.91 Å². The van der Waals surface area contributed by atoms with E-state index in [4.69, 9.17) is 4.74 Å². The minimum Gasteiger partial charge on any atom is -0.365 e. The smallest absolute Gasteiger partial charge is 0.246 e. The van der Waals surface area contributed by atoms with Gasteiger partial charge in [-0.25, -0.2) is 4.98 Å². The fourth-order valence-electron chi connectivity index (χ4n) is 3.57. The van der Waals surface area contributed by atoms with E-state index in [-0.39, 0.29) is 24.2 Å². The van der Waals surface area contributed by atoms with E-state index in [2.05, 4.69) is 22.1 Å². The summed E-state index contributed by atoms with van der Waals surface area (Å²) in [5.41, 5.74) is -0.0836. The van der Waals surface area contributed by atoms with Crippen molar-refractivity contribution in [3.05, 3.63) is 24.4 Å². The topological polar surface area (TPSA) is 54.5 Å². The Bertz CT molecular complexity index is 506. The summed E-state index contributed by atoms with van der Waals surface area (Å²) in [6, 6.07) is 6.23. The predicted molar refractivity (Wildman–Crippen MR) is 90.4 cm³/mol. The maximum atomic E-state index is 12.1. The lowest BCUT2D eigenvalue weighted by Crippen LogP contribution is -2.46. The number of hydrogen-bond acceptors (Lipinski definition) is 4. The zero-order chi connectivity index (χ0) is 16.1. The van der Waals surface area contributed by atoms with Gasteiger partial charge in [-0.15, -0.1) is 0 Å². The molecule has 1 aliphatic carbocycles. The summed E-state index contributed by atoms with van der Waals surface area (Å²) in [5, 5.41) is 3.12. The highest BCUT2D eigenvalue weighted by molar-refractivity contribution is 5.77. The molecule has 1 aromatic heterocycles. The lowest BCUT2D eigenvalue weighted by molar-refractivity contribution is -0.132. The number of rotatable bonds is 5. The summed E-state index contributed by atoms with van der Waals surface area (Å²) < 4.78 is 5.85. The normalized spacial score (nSPS) is 21.3. The van der Waals surface area contributed by atoms with E-state index in [1.54, 1.807) is 0 Å². The second-order valence-corrected chi connectivity index (χ2v) is 6.96. The van der Waals surface area contributed by atoms with E-state index in [1.807, 2.05) is 24.4 Å². The van der Waals surface area contributed by atoms with Crippen molar-refractivity contribution in [3.8, 4) is 0 Å². The Morgan fingerprint density at radius 3 is 2.74 bits per heavy atom. The number of carbonyl (C=O) groups excluding carboxylic acids is 1. The zero-order valence-corrected chi connectivity index (χ0v) is 14.0. The molecule has 126 valence electrons. The van der Waals surface area contributed by atoms with Crippen LogP contribution in [0.25, 0.3) is 0 Å². The maximum Gasteiger partial charge on any atom is 0.246 e. The third kappa shape index (κ3) is 4.44. The molecular formula is C18H27N3O2. The van der Waals surface area contributed by atoms with E-state index in [0.29, 0.717) is 0 Å². The first-order valence-corrected chi connectivity index (χ1v) is 8.74. The number of nitrogens with zero attached hydrogens (tertiary/aromatic N) is 2. The second-order valence-electron chi connectivity index (χ2n) is 6.96. The quantitative estimate of drug-likeness (QED) is 0.906. The van der Waals surface area contributed by atoms with Crippen LogP contribution in [-0.4, -0.2) is 42.2 Å². The van der Waals surface area contributed by atoms with Crippen LogP contribution in [0.2, 0.25) is 0 Å². The van der Waals surface area contributed by atoms with Crippen molar-refractivity contribution in [1.82, 2.24) is 10.3 Å². The molecule has 1 aliphatic heterocycles. The van der Waals surface area contributed by atoms with Gasteiger partial charge in [-0.2, -0.15) is 0 Å². The zero-order valence-electron chi connectivity index (χ0n) is 14.0. The molecule has 0 aromatic carbocycles. The molecule has 1 saturated heterocycles. The molecule has 2 fully saturated rings. The Balaban J connectivity index is 1.39. The molecule has 0 spiro atoms. The molecule has 1 saturated carbocycles. The average Bonchev–Trinajstić information content (AvgIpc) is 3.02. The summed E-state index contributed by atoms with van der Waals surface area (Å²) >= 11 is 0. The van der Waals surface area contributed by atoms with Gasteiger partial charge in [0.1, 0.15) is 12.4 Å². The average molecular weight is 317 g/mol. The molecule has 2 heterocycles. The molecule has 0 unspecified atom stereocenters. The lowest BCUT2D eigenvalue weighted by Gasteiger charge is -2.33. The third-order valence-corrected chi connectivity index (χ3v) is 5.05. The number of ether oxygens (including phenoxy) is 1. The molecule has 23 heavy (non-hydrogen) atoms. The SMILES string of the molecule is CC1(OCC(=O)NC2CCN(c3ccccn3)CC2)CCCC1. The second kappa shape index (κ2) is 7.30. The van der Waals surface area contributed by atoms with Crippen LogP contribution < -0.4 is 10.2 Å². The van der Waals surface area contributed by atoms with Crippen molar-refractivity contribution in [2.45, 2.75) is 57.1 Å². The Morgan fingerprint density at radius 1 is 1.35 bits per heavy atom. The van der Waals surface area contributed by atoms with Crippen LogP contribution in [0.5, 0.6) is 0 Å². The van der Waals surface area contributed by atoms with Gasteiger partial charge in [0.25, 0.3) is 0 Å². The predicted octanol–water partition coefficient (Wildman–Crippen LogP) is 2.52. The number of carbonyl (C=O) groups is 1. The Kier molecular flexibility index (Phi) is 5.16. The van der Waals surface area contributed by atoms with Crippen molar-refractivity contribution in [3.63, 3.8) is 0 Å². The Hall–Kier alpha value is -1.62. The minimum absolute atomic E-state index is 0.0226. The van der Waals surface area contributed by atoms with Crippen LogP contribution in [0.1, 0.15) is 45.4 Å². The van der Waals surface area contributed by atoms with Gasteiger partial charge in [-0.05, 0) is 44.7 Å². The fraction of sp³-hybridized carbons (Fsp3) is 0.667. The first kappa shape index (κ1) is 16.2. The van der Waals surface area contributed by atoms with Crippen LogP contribution in [0.3, 0.4) is 0 Å². The van der Waals surface area contributed by atoms with Crippen molar-refractivity contribution in [1.29, 1.82) is 0 Å². The Morgan fingerprint density at radius 2 is 2.09 bits per heavy atom. The highest BCUT2D eigenvalue weighted by Gasteiger charge is 2.30. The van der Waals surface area contributed by atoms with Gasteiger partial charge in [0, 0.05) is 25.3 Å². The molecular weight excluding hydrogens is 290 g/mol. The maximum absolute atomic E-state index is 12.1. The molecule has 0 atom stereocenters. The lowest BCUT2D eigenvalue weighted by atomic mass is 10.0. The van der Waals surface area contributed by atoms with Gasteiger partial charge in [0.15, 0.2) is 0 Å². The van der Waals surface area contributed by atoms with Gasteiger partial charge >= 0.3 is 0 Å². The van der Waals surface area contributed by atoms with E-state index in [9.17, 15) is 4.79 Å². The Labute approximate surface area is 138 Å². The van der Waals surface area contributed by atoms with Gasteiger partial charge < -0.3 is 15.0 Å². The molecule has 5 heteroatoms. The van der Waals surface area contributed by atoms with E-state index in [0.717, 1.165) is 44.6 Å². The number of amides is 1.